The molecule has 2 aromatic rings. The maximum atomic E-state index is 12.8. The lowest BCUT2D eigenvalue weighted by Gasteiger charge is -2.27. The maximum Gasteiger partial charge on any atom is 0.201 e. The molecule has 24 heavy (non-hydrogen) atoms. The molecule has 1 aromatic heterocycles. The summed E-state index contributed by atoms with van der Waals surface area (Å²) in [5.74, 6) is 0. The molecule has 0 N–H and O–H groups in total. The van der Waals surface area contributed by atoms with Crippen LogP contribution < -0.4 is 5.19 Å². The van der Waals surface area contributed by atoms with Gasteiger partial charge in [-0.15, -0.1) is 0 Å². The van der Waals surface area contributed by atoms with Crippen molar-refractivity contribution in [2.75, 3.05) is 0 Å². The number of hydrogen-bond acceptors (Lipinski definition) is 3. The van der Waals surface area contributed by atoms with Crippen LogP contribution in [0.15, 0.2) is 71.0 Å². The molecule has 0 saturated carbocycles. The molecule has 0 radical (unpaired) electrons. The van der Waals surface area contributed by atoms with Crippen LogP contribution >= 0.6 is 0 Å². The van der Waals surface area contributed by atoms with E-state index in [1.54, 1.807) is 25.1 Å². The van der Waals surface area contributed by atoms with Gasteiger partial charge in [0.25, 0.3) is 0 Å². The first kappa shape index (κ1) is 18.6. The van der Waals surface area contributed by atoms with Crippen LogP contribution in [0.1, 0.15) is 20.3 Å². The SMILES string of the molecule is CC/C(=C\C(C)S(=O)(=O)c1ccccn1)[Si](C)(C)c1ccccc1. The van der Waals surface area contributed by atoms with Crippen molar-refractivity contribution in [1.29, 1.82) is 0 Å². The summed E-state index contributed by atoms with van der Waals surface area (Å²) in [5, 5.41) is 2.13. The van der Waals surface area contributed by atoms with E-state index < -0.39 is 23.2 Å². The Morgan fingerprint density at radius 3 is 2.29 bits per heavy atom. The lowest BCUT2D eigenvalue weighted by atomic mass is 10.3. The molecule has 0 spiro atoms. The van der Waals surface area contributed by atoms with Crippen LogP contribution in [0.3, 0.4) is 0 Å². The first-order valence-electron chi connectivity index (χ1n) is 8.21. The number of nitrogens with zero attached hydrogens (tertiary/aromatic N) is 1. The Kier molecular flexibility index (Phi) is 5.77. The molecule has 0 saturated heterocycles. The molecule has 3 nitrogen and oxygen atoms in total. The average Bonchev–Trinajstić information content (AvgIpc) is 2.60. The number of aromatic nitrogens is 1. The molecular formula is C19H25NO2SSi. The molecule has 2 rings (SSSR count). The van der Waals surface area contributed by atoms with E-state index in [1.807, 2.05) is 24.3 Å². The van der Waals surface area contributed by atoms with E-state index in [4.69, 9.17) is 0 Å². The van der Waals surface area contributed by atoms with Crippen molar-refractivity contribution in [1.82, 2.24) is 4.98 Å². The largest absolute Gasteiger partial charge is 0.245 e. The Morgan fingerprint density at radius 1 is 1.12 bits per heavy atom. The zero-order valence-corrected chi connectivity index (χ0v) is 16.5. The summed E-state index contributed by atoms with van der Waals surface area (Å²) in [6.07, 6.45) is 4.33. The van der Waals surface area contributed by atoms with Gasteiger partial charge in [-0.05, 0) is 25.5 Å². The van der Waals surface area contributed by atoms with E-state index in [2.05, 4.69) is 37.1 Å². The van der Waals surface area contributed by atoms with Crippen LogP contribution in [0.25, 0.3) is 0 Å². The second-order valence-electron chi connectivity index (χ2n) is 6.45. The van der Waals surface area contributed by atoms with Gasteiger partial charge in [-0.25, -0.2) is 13.4 Å². The second kappa shape index (κ2) is 7.45. The second-order valence-corrected chi connectivity index (χ2v) is 13.2. The van der Waals surface area contributed by atoms with Crippen molar-refractivity contribution >= 4 is 23.1 Å². The van der Waals surface area contributed by atoms with Gasteiger partial charge < -0.3 is 0 Å². The number of hydrogen-bond donors (Lipinski definition) is 0. The Bertz CT molecular complexity index is 800. The molecule has 1 aromatic carbocycles. The lowest BCUT2D eigenvalue weighted by Crippen LogP contribution is -2.44. The summed E-state index contributed by atoms with van der Waals surface area (Å²) in [7, 11) is -5.33. The molecule has 0 aliphatic carbocycles. The molecular weight excluding hydrogens is 334 g/mol. The van der Waals surface area contributed by atoms with Crippen LogP contribution in [0.2, 0.25) is 13.1 Å². The molecule has 1 unspecified atom stereocenters. The van der Waals surface area contributed by atoms with Gasteiger partial charge in [0, 0.05) is 6.20 Å². The van der Waals surface area contributed by atoms with Gasteiger partial charge in [0.05, 0.1) is 5.25 Å². The average molecular weight is 360 g/mol. The molecule has 1 heterocycles. The fourth-order valence-corrected chi connectivity index (χ4v) is 7.16. The topological polar surface area (TPSA) is 47.0 Å². The van der Waals surface area contributed by atoms with Gasteiger partial charge in [0.1, 0.15) is 8.07 Å². The minimum absolute atomic E-state index is 0.142. The monoisotopic (exact) mass is 359 g/mol. The molecule has 0 aliphatic heterocycles. The van der Waals surface area contributed by atoms with Crippen LogP contribution in [0, 0.1) is 0 Å². The van der Waals surface area contributed by atoms with Crippen molar-refractivity contribution in [3.8, 4) is 0 Å². The Balaban J connectivity index is 2.40. The van der Waals surface area contributed by atoms with Crippen LogP contribution in [0.4, 0.5) is 0 Å². The third kappa shape index (κ3) is 3.84. The fourth-order valence-electron chi connectivity index (χ4n) is 2.89. The lowest BCUT2D eigenvalue weighted by molar-refractivity contribution is 0.587. The molecule has 5 heteroatoms. The highest BCUT2D eigenvalue weighted by molar-refractivity contribution is 7.92. The summed E-state index contributed by atoms with van der Waals surface area (Å²) in [4.78, 5) is 4.02. The first-order chi connectivity index (χ1) is 11.3. The molecule has 0 bridgehead atoms. The summed E-state index contributed by atoms with van der Waals surface area (Å²) >= 11 is 0. The third-order valence-corrected chi connectivity index (χ3v) is 10.4. The molecule has 128 valence electrons. The number of pyridine rings is 1. The Labute approximate surface area is 146 Å². The number of benzene rings is 1. The predicted octanol–water partition coefficient (Wildman–Crippen LogP) is 3.74. The van der Waals surface area contributed by atoms with Crippen molar-refractivity contribution in [2.24, 2.45) is 0 Å². The highest BCUT2D eigenvalue weighted by Gasteiger charge is 2.30. The summed E-state index contributed by atoms with van der Waals surface area (Å²) in [5.41, 5.74) is 0. The minimum Gasteiger partial charge on any atom is -0.245 e. The molecule has 1 atom stereocenters. The van der Waals surface area contributed by atoms with Gasteiger partial charge in [-0.2, -0.15) is 0 Å². The van der Waals surface area contributed by atoms with Gasteiger partial charge >= 0.3 is 0 Å². The highest BCUT2D eigenvalue weighted by atomic mass is 32.2. The first-order valence-corrected chi connectivity index (χ1v) is 12.8. The van der Waals surface area contributed by atoms with Gasteiger partial charge in [-0.3, -0.25) is 0 Å². The molecule has 0 fully saturated rings. The van der Waals surface area contributed by atoms with Crippen molar-refractivity contribution in [2.45, 2.75) is 43.6 Å². The van der Waals surface area contributed by atoms with Gasteiger partial charge in [0.2, 0.25) is 9.84 Å². The van der Waals surface area contributed by atoms with Gasteiger partial charge in [-0.1, -0.05) is 72.9 Å². The third-order valence-electron chi connectivity index (χ3n) is 4.53. The van der Waals surface area contributed by atoms with Gasteiger partial charge in [0.15, 0.2) is 5.03 Å². The van der Waals surface area contributed by atoms with Crippen molar-refractivity contribution in [3.63, 3.8) is 0 Å². The predicted molar refractivity (Wildman–Crippen MR) is 103 cm³/mol. The van der Waals surface area contributed by atoms with E-state index in [0.717, 1.165) is 6.42 Å². The Morgan fingerprint density at radius 2 is 1.75 bits per heavy atom. The number of rotatable bonds is 6. The summed E-state index contributed by atoms with van der Waals surface area (Å²) in [6.45, 7) is 8.40. The summed E-state index contributed by atoms with van der Waals surface area (Å²) < 4.78 is 25.5. The number of sulfone groups is 1. The van der Waals surface area contributed by atoms with Crippen LogP contribution in [-0.4, -0.2) is 26.7 Å². The van der Waals surface area contributed by atoms with Crippen molar-refractivity contribution in [3.05, 3.63) is 66.0 Å². The van der Waals surface area contributed by atoms with E-state index in [-0.39, 0.29) is 5.03 Å². The quantitative estimate of drug-likeness (QED) is 0.738. The normalized spacial score (nSPS) is 14.4. The smallest absolute Gasteiger partial charge is 0.201 e. The zero-order valence-electron chi connectivity index (χ0n) is 14.7. The van der Waals surface area contributed by atoms with Crippen LogP contribution in [-0.2, 0) is 9.84 Å². The maximum absolute atomic E-state index is 12.8. The highest BCUT2D eigenvalue weighted by Crippen LogP contribution is 2.22. The standard InChI is InChI=1S/C19H25NO2SSi/c1-5-17(24(3,4)18-11-7-6-8-12-18)15-16(2)23(21,22)19-13-9-10-14-20-19/h6-16H,5H2,1-4H3/b17-15+. The van der Waals surface area contributed by atoms with E-state index in [9.17, 15) is 8.42 Å². The van der Waals surface area contributed by atoms with Crippen molar-refractivity contribution < 1.29 is 8.42 Å². The minimum atomic E-state index is -3.45. The van der Waals surface area contributed by atoms with Crippen LogP contribution in [0.5, 0.6) is 0 Å². The molecule has 0 amide bonds. The van der Waals surface area contributed by atoms with E-state index >= 15 is 0 Å². The molecule has 0 aliphatic rings. The summed E-state index contributed by atoms with van der Waals surface area (Å²) in [6, 6.07) is 15.4. The zero-order chi connectivity index (χ0) is 17.8. The Hall–Kier alpha value is -1.72. The van der Waals surface area contributed by atoms with E-state index in [1.165, 1.54) is 16.6 Å². The van der Waals surface area contributed by atoms with E-state index in [0.29, 0.717) is 0 Å². The fraction of sp³-hybridized carbons (Fsp3) is 0.316. The number of allylic oxidation sites excluding steroid dienone is 1.